The van der Waals surface area contributed by atoms with Gasteiger partial charge < -0.3 is 20.3 Å². The van der Waals surface area contributed by atoms with Crippen molar-refractivity contribution in [2.24, 2.45) is 0 Å². The Kier molecular flexibility index (Phi) is 11.7. The molecule has 0 aliphatic carbocycles. The van der Waals surface area contributed by atoms with Crippen molar-refractivity contribution in [3.05, 3.63) is 18.0 Å². The number of carbonyl (C=O) groups is 1. The van der Waals surface area contributed by atoms with E-state index < -0.39 is 0 Å². The lowest BCUT2D eigenvalue weighted by Gasteiger charge is -2.15. The van der Waals surface area contributed by atoms with Gasteiger partial charge in [0.25, 0.3) is 5.91 Å². The van der Waals surface area contributed by atoms with E-state index in [1.165, 1.54) is 0 Å². The lowest BCUT2D eigenvalue weighted by atomic mass is 10.4. The van der Waals surface area contributed by atoms with Crippen LogP contribution in [0.4, 0.5) is 5.95 Å². The summed E-state index contributed by atoms with van der Waals surface area (Å²) in [6.45, 7) is 4.64. The molecule has 1 aromatic rings. The van der Waals surface area contributed by atoms with Gasteiger partial charge >= 0.3 is 0 Å². The van der Waals surface area contributed by atoms with Gasteiger partial charge in [-0.1, -0.05) is 0 Å². The minimum absolute atomic E-state index is 0. The molecule has 9 heteroatoms. The molecule has 0 bridgehead atoms. The van der Waals surface area contributed by atoms with Crippen LogP contribution in [-0.2, 0) is 4.74 Å². The summed E-state index contributed by atoms with van der Waals surface area (Å²) in [4.78, 5) is 22.7. The van der Waals surface area contributed by atoms with E-state index in [4.69, 9.17) is 4.74 Å². The summed E-state index contributed by atoms with van der Waals surface area (Å²) >= 11 is 0. The molecule has 0 aromatic carbocycles. The number of anilines is 1. The number of ether oxygens (including phenoxy) is 1. The third-order valence-corrected chi connectivity index (χ3v) is 3.33. The van der Waals surface area contributed by atoms with E-state index in [1.807, 2.05) is 0 Å². The summed E-state index contributed by atoms with van der Waals surface area (Å²) in [6, 6.07) is 1.65. The topological polar surface area (TPSA) is 79.4 Å². The van der Waals surface area contributed by atoms with Crippen molar-refractivity contribution in [2.45, 2.75) is 12.8 Å². The molecule has 1 saturated heterocycles. The molecule has 23 heavy (non-hydrogen) atoms. The van der Waals surface area contributed by atoms with Crippen LogP contribution < -0.4 is 15.5 Å². The van der Waals surface area contributed by atoms with Crippen LogP contribution in [0.1, 0.15) is 23.3 Å². The zero-order chi connectivity index (χ0) is 14.9. The van der Waals surface area contributed by atoms with Crippen LogP contribution in [0.2, 0.25) is 0 Å². The van der Waals surface area contributed by atoms with Gasteiger partial charge in [0.2, 0.25) is 5.95 Å². The van der Waals surface area contributed by atoms with Crippen LogP contribution in [0.3, 0.4) is 0 Å². The standard InChI is InChI=1S/C14H23N5O2.2ClH/c1-21-11-8-15-6-7-16-13(20)12-4-5-17-14(18-12)19-9-2-3-10-19;;/h4-5,15H,2-3,6-11H2,1H3,(H,16,20);2*1H. The molecule has 0 radical (unpaired) electrons. The number of nitrogens with one attached hydrogen (secondary N) is 2. The van der Waals surface area contributed by atoms with Gasteiger partial charge in [-0.3, -0.25) is 4.79 Å². The fraction of sp³-hybridized carbons (Fsp3) is 0.643. The lowest BCUT2D eigenvalue weighted by molar-refractivity contribution is 0.0948. The molecule has 7 nitrogen and oxygen atoms in total. The van der Waals surface area contributed by atoms with Crippen molar-refractivity contribution < 1.29 is 9.53 Å². The number of aromatic nitrogens is 2. The van der Waals surface area contributed by atoms with E-state index in [0.29, 0.717) is 31.3 Å². The van der Waals surface area contributed by atoms with E-state index in [9.17, 15) is 4.79 Å². The highest BCUT2D eigenvalue weighted by molar-refractivity contribution is 5.92. The molecule has 0 spiro atoms. The fourth-order valence-corrected chi connectivity index (χ4v) is 2.20. The average Bonchev–Trinajstić information content (AvgIpc) is 3.05. The zero-order valence-electron chi connectivity index (χ0n) is 13.3. The van der Waals surface area contributed by atoms with Crippen LogP contribution in [0, 0.1) is 0 Å². The van der Waals surface area contributed by atoms with Crippen molar-refractivity contribution in [3.8, 4) is 0 Å². The molecule has 2 N–H and O–H groups in total. The number of carbonyl (C=O) groups excluding carboxylic acids is 1. The number of hydrogen-bond acceptors (Lipinski definition) is 6. The second kappa shape index (κ2) is 12.3. The molecular formula is C14H25Cl2N5O2. The minimum atomic E-state index is -0.161. The lowest BCUT2D eigenvalue weighted by Crippen LogP contribution is -2.33. The molecule has 1 aliphatic heterocycles. The van der Waals surface area contributed by atoms with Crippen molar-refractivity contribution in [2.75, 3.05) is 51.3 Å². The first kappa shape index (κ1) is 21.9. The highest BCUT2D eigenvalue weighted by Crippen LogP contribution is 2.15. The van der Waals surface area contributed by atoms with Crippen molar-refractivity contribution in [3.63, 3.8) is 0 Å². The first-order chi connectivity index (χ1) is 10.3. The molecule has 0 atom stereocenters. The first-order valence-corrected chi connectivity index (χ1v) is 7.37. The molecule has 0 saturated carbocycles. The Morgan fingerprint density at radius 1 is 1.26 bits per heavy atom. The van der Waals surface area contributed by atoms with Gasteiger partial charge in [-0.2, -0.15) is 0 Å². The molecule has 1 fully saturated rings. The monoisotopic (exact) mass is 365 g/mol. The first-order valence-electron chi connectivity index (χ1n) is 7.37. The zero-order valence-corrected chi connectivity index (χ0v) is 14.9. The Balaban J connectivity index is 0.00000242. The highest BCUT2D eigenvalue weighted by Gasteiger charge is 2.16. The van der Waals surface area contributed by atoms with E-state index in [-0.39, 0.29) is 30.7 Å². The van der Waals surface area contributed by atoms with Crippen LogP contribution in [0.25, 0.3) is 0 Å². The maximum absolute atomic E-state index is 12.0. The Bertz CT molecular complexity index is 459. The second-order valence-corrected chi connectivity index (χ2v) is 4.93. The third kappa shape index (κ3) is 7.30. The Labute approximate surface area is 149 Å². The van der Waals surface area contributed by atoms with E-state index in [1.54, 1.807) is 19.4 Å². The maximum atomic E-state index is 12.0. The van der Waals surface area contributed by atoms with Crippen LogP contribution >= 0.6 is 24.8 Å². The van der Waals surface area contributed by atoms with Crippen LogP contribution in [-0.4, -0.2) is 62.3 Å². The molecule has 2 rings (SSSR count). The normalized spacial score (nSPS) is 13.2. The van der Waals surface area contributed by atoms with Gasteiger partial charge in [0.1, 0.15) is 5.69 Å². The average molecular weight is 366 g/mol. The maximum Gasteiger partial charge on any atom is 0.270 e. The van der Waals surface area contributed by atoms with Crippen LogP contribution in [0.5, 0.6) is 0 Å². The molecular weight excluding hydrogens is 341 g/mol. The van der Waals surface area contributed by atoms with E-state index >= 15 is 0 Å². The summed E-state index contributed by atoms with van der Waals surface area (Å²) in [5.74, 6) is 0.491. The van der Waals surface area contributed by atoms with Crippen molar-refractivity contribution in [1.29, 1.82) is 0 Å². The van der Waals surface area contributed by atoms with E-state index in [0.717, 1.165) is 32.5 Å². The van der Waals surface area contributed by atoms with Crippen molar-refractivity contribution in [1.82, 2.24) is 20.6 Å². The van der Waals surface area contributed by atoms with Crippen molar-refractivity contribution >= 4 is 36.7 Å². The molecule has 132 valence electrons. The molecule has 1 amide bonds. The molecule has 1 aromatic heterocycles. The molecule has 1 aliphatic rings. The van der Waals surface area contributed by atoms with Crippen LogP contribution in [0.15, 0.2) is 12.3 Å². The summed E-state index contributed by atoms with van der Waals surface area (Å²) in [6.07, 6.45) is 3.96. The Hall–Kier alpha value is -1.15. The largest absolute Gasteiger partial charge is 0.383 e. The van der Waals surface area contributed by atoms with Gasteiger partial charge in [0.05, 0.1) is 6.61 Å². The van der Waals surface area contributed by atoms with Gasteiger partial charge in [0, 0.05) is 46.0 Å². The number of rotatable bonds is 8. The quantitative estimate of drug-likeness (QED) is 0.666. The minimum Gasteiger partial charge on any atom is -0.383 e. The predicted molar refractivity (Wildman–Crippen MR) is 95.1 cm³/mol. The Morgan fingerprint density at radius 2 is 2.00 bits per heavy atom. The van der Waals surface area contributed by atoms with Gasteiger partial charge in [-0.15, -0.1) is 24.8 Å². The molecule has 0 unspecified atom stereocenters. The summed E-state index contributed by atoms with van der Waals surface area (Å²) < 4.78 is 4.93. The highest BCUT2D eigenvalue weighted by atomic mass is 35.5. The smallest absolute Gasteiger partial charge is 0.270 e. The summed E-state index contributed by atoms with van der Waals surface area (Å²) in [7, 11) is 1.66. The SMILES string of the molecule is COCCNCCNC(=O)c1ccnc(N2CCCC2)n1.Cl.Cl. The third-order valence-electron chi connectivity index (χ3n) is 3.33. The van der Waals surface area contributed by atoms with Gasteiger partial charge in [-0.25, -0.2) is 9.97 Å². The number of amides is 1. The Morgan fingerprint density at radius 3 is 2.70 bits per heavy atom. The number of methoxy groups -OCH3 is 1. The summed E-state index contributed by atoms with van der Waals surface area (Å²) in [5.41, 5.74) is 0.420. The fourth-order valence-electron chi connectivity index (χ4n) is 2.20. The van der Waals surface area contributed by atoms with E-state index in [2.05, 4.69) is 25.5 Å². The number of hydrogen-bond donors (Lipinski definition) is 2. The predicted octanol–water partition coefficient (Wildman–Crippen LogP) is 0.886. The van der Waals surface area contributed by atoms with Gasteiger partial charge in [0.15, 0.2) is 0 Å². The van der Waals surface area contributed by atoms with Gasteiger partial charge in [-0.05, 0) is 18.9 Å². The number of halogens is 2. The number of nitrogens with zero attached hydrogens (tertiary/aromatic N) is 3. The molecule has 2 heterocycles. The second-order valence-electron chi connectivity index (χ2n) is 4.93. The summed E-state index contributed by atoms with van der Waals surface area (Å²) in [5, 5.41) is 6.01.